The van der Waals surface area contributed by atoms with Gasteiger partial charge in [-0.05, 0) is 7.05 Å². The van der Waals surface area contributed by atoms with E-state index in [0.717, 1.165) is 0 Å². The van der Waals surface area contributed by atoms with Crippen LogP contribution in [0.2, 0.25) is 0 Å². The first-order valence-electron chi connectivity index (χ1n) is 8.41. The van der Waals surface area contributed by atoms with Crippen molar-refractivity contribution in [1.29, 1.82) is 0 Å². The third-order valence-electron chi connectivity index (χ3n) is 3.29. The molecule has 0 atom stereocenters. The van der Waals surface area contributed by atoms with Gasteiger partial charge in [-0.15, -0.1) is 0 Å². The fraction of sp³-hybridized carbons (Fsp3) is 0.733. The summed E-state index contributed by atoms with van der Waals surface area (Å²) in [6.07, 6.45) is -3.02. The summed E-state index contributed by atoms with van der Waals surface area (Å²) in [4.78, 5) is 46.2. The Morgan fingerprint density at radius 1 is 0.607 bits per heavy atom. The van der Waals surface area contributed by atoms with E-state index < -0.39 is 29.8 Å². The van der Waals surface area contributed by atoms with Gasteiger partial charge in [0, 0.05) is 34.2 Å². The van der Waals surface area contributed by atoms with Crippen molar-refractivity contribution in [2.24, 2.45) is 5.41 Å². The molecule has 0 aromatic carbocycles. The van der Waals surface area contributed by atoms with Crippen molar-refractivity contribution in [2.75, 3.05) is 67.7 Å². The highest BCUT2D eigenvalue weighted by Crippen LogP contribution is 2.21. The third kappa shape index (κ3) is 10.9. The predicted octanol–water partition coefficient (Wildman–Crippen LogP) is -1.01. The summed E-state index contributed by atoms with van der Waals surface area (Å²) in [6.45, 7) is -0.580. The second-order valence-corrected chi connectivity index (χ2v) is 5.58. The summed E-state index contributed by atoms with van der Waals surface area (Å²) in [5.74, 6) is 0. The van der Waals surface area contributed by atoms with Gasteiger partial charge in [0.25, 0.3) is 0 Å². The molecule has 0 aliphatic heterocycles. The molecule has 4 amide bonds. The van der Waals surface area contributed by atoms with Crippen molar-refractivity contribution in [3.63, 3.8) is 0 Å². The van der Waals surface area contributed by atoms with Gasteiger partial charge in [-0.2, -0.15) is 0 Å². The third-order valence-corrected chi connectivity index (χ3v) is 3.29. The molecule has 0 spiro atoms. The van der Waals surface area contributed by atoms with Crippen LogP contribution in [0.3, 0.4) is 0 Å². The van der Waals surface area contributed by atoms with Gasteiger partial charge in [0.2, 0.25) is 0 Å². The number of carbonyl (C=O) groups is 4. The summed E-state index contributed by atoms with van der Waals surface area (Å²) in [5, 5.41) is 12.1. The van der Waals surface area contributed by atoms with Gasteiger partial charge >= 0.3 is 24.4 Å². The molecule has 5 N–H and O–H groups in total. The zero-order chi connectivity index (χ0) is 21.4. The maximum Gasteiger partial charge on any atom is 0.407 e. The zero-order valence-electron chi connectivity index (χ0n) is 16.5. The maximum absolute atomic E-state index is 11.8. The summed E-state index contributed by atoms with van der Waals surface area (Å²) < 4.78 is 20.2. The molecule has 0 radical (unpaired) electrons. The fourth-order valence-corrected chi connectivity index (χ4v) is 1.68. The van der Waals surface area contributed by atoms with E-state index >= 15 is 0 Å². The van der Waals surface area contributed by atoms with Crippen molar-refractivity contribution in [3.05, 3.63) is 0 Å². The van der Waals surface area contributed by atoms with E-state index in [0.29, 0.717) is 13.1 Å². The number of amides is 4. The monoisotopic (exact) mass is 407 g/mol. The second kappa shape index (κ2) is 14.1. The van der Waals surface area contributed by atoms with E-state index in [9.17, 15) is 19.2 Å². The average Bonchev–Trinajstić information content (AvgIpc) is 2.71. The first-order chi connectivity index (χ1) is 13.3. The SMILES string of the molecule is CNCCNC(=O)OCC(COC(=O)NC)(COC(=O)NC)COC(=O)NC. The molecule has 162 valence electrons. The van der Waals surface area contributed by atoms with Crippen molar-refractivity contribution >= 4 is 24.4 Å². The number of hydrogen-bond acceptors (Lipinski definition) is 9. The van der Waals surface area contributed by atoms with Crippen LogP contribution in [0.25, 0.3) is 0 Å². The van der Waals surface area contributed by atoms with Gasteiger partial charge in [0.1, 0.15) is 31.8 Å². The molecule has 0 bridgehead atoms. The average molecular weight is 407 g/mol. The van der Waals surface area contributed by atoms with Gasteiger partial charge in [0.05, 0.1) is 0 Å². The minimum atomic E-state index is -1.33. The molecule has 0 aliphatic rings. The first-order valence-corrected chi connectivity index (χ1v) is 8.41. The Kier molecular flexibility index (Phi) is 12.6. The molecule has 13 heteroatoms. The van der Waals surface area contributed by atoms with Crippen molar-refractivity contribution < 1.29 is 38.1 Å². The van der Waals surface area contributed by atoms with Crippen LogP contribution in [-0.2, 0) is 18.9 Å². The minimum absolute atomic E-state index is 0.320. The minimum Gasteiger partial charge on any atom is -0.449 e. The maximum atomic E-state index is 11.8. The van der Waals surface area contributed by atoms with E-state index in [1.54, 1.807) is 7.05 Å². The molecule has 0 aliphatic carbocycles. The number of carbonyl (C=O) groups excluding carboxylic acids is 4. The van der Waals surface area contributed by atoms with Crippen LogP contribution in [0.4, 0.5) is 19.2 Å². The number of likely N-dealkylation sites (N-methyl/N-ethyl adjacent to an activating group) is 1. The summed E-state index contributed by atoms with van der Waals surface area (Å²) in [7, 11) is 5.80. The lowest BCUT2D eigenvalue weighted by Crippen LogP contribution is -2.46. The first kappa shape index (κ1) is 25.0. The Hall–Kier alpha value is -2.96. The predicted molar refractivity (Wildman–Crippen MR) is 96.9 cm³/mol. The van der Waals surface area contributed by atoms with Crippen molar-refractivity contribution in [3.8, 4) is 0 Å². The highest BCUT2D eigenvalue weighted by atomic mass is 16.6. The molecule has 0 saturated carbocycles. The van der Waals surface area contributed by atoms with Gasteiger partial charge < -0.3 is 45.5 Å². The number of rotatable bonds is 11. The molecule has 0 saturated heterocycles. The zero-order valence-corrected chi connectivity index (χ0v) is 16.5. The van der Waals surface area contributed by atoms with Crippen LogP contribution in [0.15, 0.2) is 0 Å². The van der Waals surface area contributed by atoms with E-state index in [1.165, 1.54) is 21.1 Å². The second-order valence-electron chi connectivity index (χ2n) is 5.58. The van der Waals surface area contributed by atoms with Gasteiger partial charge in [0.15, 0.2) is 0 Å². The molecule has 13 nitrogen and oxygen atoms in total. The molecule has 0 aromatic heterocycles. The number of hydrogen-bond donors (Lipinski definition) is 5. The Labute approximate surface area is 163 Å². The Balaban J connectivity index is 5.21. The molecular formula is C15H29N5O8. The summed E-state index contributed by atoms with van der Waals surface area (Å²) in [5.41, 5.74) is -1.33. The number of nitrogens with one attached hydrogen (secondary N) is 5. The van der Waals surface area contributed by atoms with Gasteiger partial charge in [-0.25, -0.2) is 19.2 Å². The van der Waals surface area contributed by atoms with Gasteiger partial charge in [-0.3, -0.25) is 0 Å². The van der Waals surface area contributed by atoms with Crippen LogP contribution in [0.1, 0.15) is 0 Å². The quantitative estimate of drug-likeness (QED) is 0.213. The van der Waals surface area contributed by atoms with Crippen LogP contribution in [-0.4, -0.2) is 92.1 Å². The normalized spacial score (nSPS) is 10.3. The molecule has 0 rings (SSSR count). The van der Waals surface area contributed by atoms with Crippen LogP contribution < -0.4 is 26.6 Å². The van der Waals surface area contributed by atoms with Crippen molar-refractivity contribution in [1.82, 2.24) is 26.6 Å². The standard InChI is InChI=1S/C15H29N5O8/c1-16-5-6-20-14(24)28-10-15(7-25-11(21)17-2,8-26-12(22)18-3)9-27-13(23)19-4/h16H,5-10H2,1-4H3,(H,17,21)(H,18,22)(H,19,23)(H,20,24). The largest absolute Gasteiger partial charge is 0.449 e. The topological polar surface area (TPSA) is 165 Å². The Morgan fingerprint density at radius 2 is 0.964 bits per heavy atom. The summed E-state index contributed by atoms with van der Waals surface area (Å²) in [6, 6.07) is 0. The number of alkyl carbamates (subject to hydrolysis) is 4. The molecule has 0 heterocycles. The Morgan fingerprint density at radius 3 is 1.29 bits per heavy atom. The van der Waals surface area contributed by atoms with Crippen LogP contribution in [0.5, 0.6) is 0 Å². The molecule has 0 aromatic rings. The van der Waals surface area contributed by atoms with E-state index in [2.05, 4.69) is 26.6 Å². The van der Waals surface area contributed by atoms with Crippen LogP contribution >= 0.6 is 0 Å². The lowest BCUT2D eigenvalue weighted by molar-refractivity contribution is -0.0481. The highest BCUT2D eigenvalue weighted by Gasteiger charge is 2.38. The lowest BCUT2D eigenvalue weighted by atomic mass is 9.92. The summed E-state index contributed by atoms with van der Waals surface area (Å²) >= 11 is 0. The lowest BCUT2D eigenvalue weighted by Gasteiger charge is -2.31. The van der Waals surface area contributed by atoms with Gasteiger partial charge in [-0.1, -0.05) is 0 Å². The van der Waals surface area contributed by atoms with E-state index in [1.807, 2.05) is 0 Å². The highest BCUT2D eigenvalue weighted by molar-refractivity contribution is 5.68. The molecule has 0 unspecified atom stereocenters. The number of ether oxygens (including phenoxy) is 4. The van der Waals surface area contributed by atoms with E-state index in [-0.39, 0.29) is 26.4 Å². The fourth-order valence-electron chi connectivity index (χ4n) is 1.68. The molecule has 28 heavy (non-hydrogen) atoms. The molecular weight excluding hydrogens is 378 g/mol. The van der Waals surface area contributed by atoms with Crippen LogP contribution in [0, 0.1) is 5.41 Å². The Bertz CT molecular complexity index is 466. The van der Waals surface area contributed by atoms with E-state index in [4.69, 9.17) is 18.9 Å². The van der Waals surface area contributed by atoms with Crippen molar-refractivity contribution in [2.45, 2.75) is 0 Å². The smallest absolute Gasteiger partial charge is 0.407 e. The molecule has 0 fully saturated rings.